The van der Waals surface area contributed by atoms with Gasteiger partial charge in [0.25, 0.3) is 5.91 Å². The van der Waals surface area contributed by atoms with Crippen LogP contribution in [-0.2, 0) is 0 Å². The zero-order chi connectivity index (χ0) is 14.9. The zero-order valence-corrected chi connectivity index (χ0v) is 12.8. The fourth-order valence-corrected chi connectivity index (χ4v) is 2.26. The van der Waals surface area contributed by atoms with E-state index >= 15 is 0 Å². The number of halogens is 1. The minimum absolute atomic E-state index is 0.105. The number of nitrogen functional groups attached to an aromatic ring is 1. The van der Waals surface area contributed by atoms with Crippen molar-refractivity contribution >= 4 is 33.2 Å². The normalized spacial score (nSPS) is 10.3. The third-order valence-corrected chi connectivity index (χ3v) is 3.60. The van der Waals surface area contributed by atoms with Crippen LogP contribution in [0.5, 0.6) is 5.75 Å². The number of hydrogen-bond donors (Lipinski definition) is 2. The molecular weight excluding hydrogens is 320 g/mol. The second-order valence-electron chi connectivity index (χ2n) is 4.57. The topological polar surface area (TPSA) is 66.6 Å². The molecule has 4 nitrogen and oxygen atoms in total. The molecule has 0 aliphatic heterocycles. The number of anilines is 2. The molecule has 0 saturated heterocycles. The molecule has 0 fully saturated rings. The van der Waals surface area contributed by atoms with Crippen molar-refractivity contribution in [2.75, 3.05) is 17.7 Å². The number of aryl methyl sites for hydroxylation is 1. The van der Waals surface area contributed by atoms with E-state index in [4.69, 9.17) is 5.73 Å². The van der Waals surface area contributed by atoms with Gasteiger partial charge >= 0.3 is 0 Å². The van der Waals surface area contributed by atoms with Gasteiger partial charge in [-0.1, -0.05) is 22.0 Å². The minimum Gasteiger partial charge on any atom is -0.508 e. The molecule has 2 aromatic rings. The molecule has 0 unspecified atom stereocenters. The van der Waals surface area contributed by atoms with Gasteiger partial charge in [0.2, 0.25) is 0 Å². The summed E-state index contributed by atoms with van der Waals surface area (Å²) in [6.07, 6.45) is 0. The van der Waals surface area contributed by atoms with Gasteiger partial charge in [-0.25, -0.2) is 0 Å². The van der Waals surface area contributed by atoms with Gasteiger partial charge in [-0.15, -0.1) is 0 Å². The highest BCUT2D eigenvalue weighted by Gasteiger charge is 2.16. The Morgan fingerprint density at radius 2 is 1.95 bits per heavy atom. The SMILES string of the molecule is Cc1ccc(C(=O)N(C)c2ccc(Br)cc2N)cc1O. The summed E-state index contributed by atoms with van der Waals surface area (Å²) in [5.41, 5.74) is 8.19. The van der Waals surface area contributed by atoms with Gasteiger partial charge in [-0.05, 0) is 42.8 Å². The summed E-state index contributed by atoms with van der Waals surface area (Å²) in [5.74, 6) is -0.123. The second-order valence-corrected chi connectivity index (χ2v) is 5.48. The van der Waals surface area contributed by atoms with Crippen LogP contribution in [0.2, 0.25) is 0 Å². The number of rotatable bonds is 2. The molecular formula is C15H15BrN2O2. The summed E-state index contributed by atoms with van der Waals surface area (Å²) in [6, 6.07) is 10.2. The lowest BCUT2D eigenvalue weighted by Crippen LogP contribution is -2.27. The number of carbonyl (C=O) groups is 1. The van der Waals surface area contributed by atoms with Gasteiger partial charge in [-0.2, -0.15) is 0 Å². The van der Waals surface area contributed by atoms with Gasteiger partial charge in [0, 0.05) is 17.1 Å². The molecule has 104 valence electrons. The minimum atomic E-state index is -0.227. The van der Waals surface area contributed by atoms with Crippen LogP contribution in [0.4, 0.5) is 11.4 Å². The number of amides is 1. The van der Waals surface area contributed by atoms with E-state index in [2.05, 4.69) is 15.9 Å². The Bertz CT molecular complexity index is 671. The van der Waals surface area contributed by atoms with Crippen molar-refractivity contribution in [3.63, 3.8) is 0 Å². The summed E-state index contributed by atoms with van der Waals surface area (Å²) < 4.78 is 0.854. The standard InChI is InChI=1S/C15H15BrN2O2/c1-9-3-4-10(7-14(9)19)15(20)18(2)13-6-5-11(16)8-12(13)17/h3-8,19H,17H2,1-2H3. The van der Waals surface area contributed by atoms with Gasteiger partial charge in [0.05, 0.1) is 11.4 Å². The molecule has 20 heavy (non-hydrogen) atoms. The number of nitrogens with zero attached hydrogens (tertiary/aromatic N) is 1. The van der Waals surface area contributed by atoms with E-state index in [1.165, 1.54) is 11.0 Å². The van der Waals surface area contributed by atoms with Gasteiger partial charge in [-0.3, -0.25) is 4.79 Å². The third-order valence-electron chi connectivity index (χ3n) is 3.11. The van der Waals surface area contributed by atoms with E-state index in [-0.39, 0.29) is 11.7 Å². The predicted molar refractivity (Wildman–Crippen MR) is 84.1 cm³/mol. The molecule has 1 amide bonds. The molecule has 0 bridgehead atoms. The number of aromatic hydroxyl groups is 1. The van der Waals surface area contributed by atoms with E-state index < -0.39 is 0 Å². The summed E-state index contributed by atoms with van der Waals surface area (Å²) in [6.45, 7) is 1.78. The first kappa shape index (κ1) is 14.4. The molecule has 2 rings (SSSR count). The summed E-state index contributed by atoms with van der Waals surface area (Å²) in [4.78, 5) is 13.9. The Morgan fingerprint density at radius 3 is 2.55 bits per heavy atom. The number of benzene rings is 2. The summed E-state index contributed by atoms with van der Waals surface area (Å²) in [7, 11) is 1.65. The van der Waals surface area contributed by atoms with Crippen molar-refractivity contribution in [2.24, 2.45) is 0 Å². The van der Waals surface area contributed by atoms with Crippen LogP contribution in [0.25, 0.3) is 0 Å². The van der Waals surface area contributed by atoms with E-state index in [1.807, 2.05) is 6.07 Å². The summed E-state index contributed by atoms with van der Waals surface area (Å²) in [5, 5.41) is 9.69. The van der Waals surface area contributed by atoms with Crippen molar-refractivity contribution in [1.82, 2.24) is 0 Å². The van der Waals surface area contributed by atoms with E-state index in [1.54, 1.807) is 38.2 Å². The Hall–Kier alpha value is -2.01. The predicted octanol–water partition coefficient (Wildman–Crippen LogP) is 3.32. The van der Waals surface area contributed by atoms with Gasteiger partial charge < -0.3 is 15.7 Å². The average Bonchev–Trinajstić information content (AvgIpc) is 2.40. The Labute approximate surface area is 126 Å². The molecule has 0 aromatic heterocycles. The molecule has 0 atom stereocenters. The lowest BCUT2D eigenvalue weighted by atomic mass is 10.1. The van der Waals surface area contributed by atoms with Crippen LogP contribution in [-0.4, -0.2) is 18.1 Å². The lowest BCUT2D eigenvalue weighted by molar-refractivity contribution is 0.0992. The van der Waals surface area contributed by atoms with Crippen molar-refractivity contribution < 1.29 is 9.90 Å². The first-order chi connectivity index (χ1) is 9.40. The van der Waals surface area contributed by atoms with Crippen LogP contribution < -0.4 is 10.6 Å². The fourth-order valence-electron chi connectivity index (χ4n) is 1.88. The van der Waals surface area contributed by atoms with Crippen LogP contribution in [0.3, 0.4) is 0 Å². The molecule has 0 aliphatic carbocycles. The Kier molecular flexibility index (Phi) is 3.99. The Balaban J connectivity index is 2.34. The number of nitrogens with two attached hydrogens (primary N) is 1. The van der Waals surface area contributed by atoms with Crippen molar-refractivity contribution in [2.45, 2.75) is 6.92 Å². The quantitative estimate of drug-likeness (QED) is 0.828. The molecule has 5 heteroatoms. The number of phenols is 1. The van der Waals surface area contributed by atoms with Crippen molar-refractivity contribution in [3.05, 3.63) is 52.0 Å². The highest BCUT2D eigenvalue weighted by atomic mass is 79.9. The first-order valence-corrected chi connectivity index (χ1v) is 6.82. The Morgan fingerprint density at radius 1 is 1.25 bits per heavy atom. The van der Waals surface area contributed by atoms with E-state index in [9.17, 15) is 9.90 Å². The highest BCUT2D eigenvalue weighted by molar-refractivity contribution is 9.10. The molecule has 0 heterocycles. The van der Waals surface area contributed by atoms with Crippen molar-refractivity contribution in [3.8, 4) is 5.75 Å². The van der Waals surface area contributed by atoms with Crippen LogP contribution >= 0.6 is 15.9 Å². The summed E-state index contributed by atoms with van der Waals surface area (Å²) >= 11 is 3.33. The largest absolute Gasteiger partial charge is 0.508 e. The molecule has 2 aromatic carbocycles. The number of phenolic OH excluding ortho intramolecular Hbond substituents is 1. The molecule has 0 aliphatic rings. The van der Waals surface area contributed by atoms with E-state index in [0.717, 1.165) is 10.0 Å². The number of hydrogen-bond acceptors (Lipinski definition) is 3. The maximum absolute atomic E-state index is 12.4. The van der Waals surface area contributed by atoms with Crippen LogP contribution in [0.1, 0.15) is 15.9 Å². The molecule has 0 radical (unpaired) electrons. The molecule has 0 spiro atoms. The number of carbonyl (C=O) groups excluding carboxylic acids is 1. The van der Waals surface area contributed by atoms with Gasteiger partial charge in [0.15, 0.2) is 0 Å². The second kappa shape index (κ2) is 5.54. The molecule has 3 N–H and O–H groups in total. The first-order valence-electron chi connectivity index (χ1n) is 6.03. The van der Waals surface area contributed by atoms with Crippen LogP contribution in [0, 0.1) is 6.92 Å². The maximum Gasteiger partial charge on any atom is 0.258 e. The van der Waals surface area contributed by atoms with Crippen LogP contribution in [0.15, 0.2) is 40.9 Å². The van der Waals surface area contributed by atoms with E-state index in [0.29, 0.717) is 16.9 Å². The van der Waals surface area contributed by atoms with Crippen molar-refractivity contribution in [1.29, 1.82) is 0 Å². The fraction of sp³-hybridized carbons (Fsp3) is 0.133. The average molecular weight is 335 g/mol. The maximum atomic E-state index is 12.4. The lowest BCUT2D eigenvalue weighted by Gasteiger charge is -2.19. The smallest absolute Gasteiger partial charge is 0.258 e. The molecule has 0 saturated carbocycles. The monoisotopic (exact) mass is 334 g/mol. The highest BCUT2D eigenvalue weighted by Crippen LogP contribution is 2.27. The zero-order valence-electron chi connectivity index (χ0n) is 11.2. The van der Waals surface area contributed by atoms with Gasteiger partial charge in [0.1, 0.15) is 5.75 Å². The third kappa shape index (κ3) is 2.77.